The second-order valence-electron chi connectivity index (χ2n) is 5.44. The van der Waals surface area contributed by atoms with Crippen LogP contribution in [-0.4, -0.2) is 19.1 Å². The van der Waals surface area contributed by atoms with Gasteiger partial charge in [-0.2, -0.15) is 13.2 Å². The summed E-state index contributed by atoms with van der Waals surface area (Å²) in [7, 11) is 0. The molecule has 0 aliphatic carbocycles. The number of carbonyl (C=O) groups excluding carboxylic acids is 1. The number of halogens is 3. The SMILES string of the molecule is CCc1ccc(OCC(=O)NCC#Cc2cccc(C(F)(F)F)c2)cc1. The molecule has 0 radical (unpaired) electrons. The Morgan fingerprint density at radius 2 is 1.88 bits per heavy atom. The molecule has 2 aromatic carbocycles. The zero-order valence-corrected chi connectivity index (χ0v) is 14.2. The van der Waals surface area contributed by atoms with Gasteiger partial charge in [0, 0.05) is 5.56 Å². The number of aryl methyl sites for hydroxylation is 1. The van der Waals surface area contributed by atoms with Crippen molar-refractivity contribution in [1.82, 2.24) is 5.32 Å². The van der Waals surface area contributed by atoms with Crippen LogP contribution in [0.3, 0.4) is 0 Å². The predicted octanol–water partition coefficient (Wildman–Crippen LogP) is 3.81. The molecule has 1 amide bonds. The summed E-state index contributed by atoms with van der Waals surface area (Å²) in [6.45, 7) is 1.91. The van der Waals surface area contributed by atoms with E-state index in [1.165, 1.54) is 17.7 Å². The third kappa shape index (κ3) is 6.17. The maximum Gasteiger partial charge on any atom is 0.416 e. The lowest BCUT2D eigenvalue weighted by Gasteiger charge is -2.06. The lowest BCUT2D eigenvalue weighted by Crippen LogP contribution is -2.29. The van der Waals surface area contributed by atoms with Gasteiger partial charge in [-0.15, -0.1) is 0 Å². The third-order valence-corrected chi connectivity index (χ3v) is 3.50. The number of ether oxygens (including phenoxy) is 1. The minimum absolute atomic E-state index is 0.0210. The van der Waals surface area contributed by atoms with Crippen molar-refractivity contribution in [3.8, 4) is 17.6 Å². The fraction of sp³-hybridized carbons (Fsp3) is 0.250. The first-order valence-electron chi connectivity index (χ1n) is 8.03. The van der Waals surface area contributed by atoms with E-state index in [9.17, 15) is 18.0 Å². The summed E-state index contributed by atoms with van der Waals surface area (Å²) < 4.78 is 43.2. The van der Waals surface area contributed by atoms with E-state index in [1.54, 1.807) is 12.1 Å². The maximum absolute atomic E-state index is 12.6. The molecule has 0 unspecified atom stereocenters. The van der Waals surface area contributed by atoms with Crippen LogP contribution in [0.2, 0.25) is 0 Å². The highest BCUT2D eigenvalue weighted by atomic mass is 19.4. The largest absolute Gasteiger partial charge is 0.484 e. The summed E-state index contributed by atoms with van der Waals surface area (Å²) >= 11 is 0. The molecule has 0 aliphatic rings. The monoisotopic (exact) mass is 361 g/mol. The highest BCUT2D eigenvalue weighted by molar-refractivity contribution is 5.77. The van der Waals surface area contributed by atoms with E-state index in [0.717, 1.165) is 18.6 Å². The lowest BCUT2D eigenvalue weighted by molar-refractivity contribution is -0.137. The van der Waals surface area contributed by atoms with E-state index in [-0.39, 0.29) is 24.6 Å². The van der Waals surface area contributed by atoms with Gasteiger partial charge in [0.25, 0.3) is 5.91 Å². The third-order valence-electron chi connectivity index (χ3n) is 3.50. The van der Waals surface area contributed by atoms with Gasteiger partial charge >= 0.3 is 6.18 Å². The van der Waals surface area contributed by atoms with E-state index in [2.05, 4.69) is 17.2 Å². The average molecular weight is 361 g/mol. The Kier molecular flexibility index (Phi) is 6.67. The molecule has 136 valence electrons. The number of nitrogens with one attached hydrogen (secondary N) is 1. The highest BCUT2D eigenvalue weighted by Crippen LogP contribution is 2.29. The number of hydrogen-bond acceptors (Lipinski definition) is 2. The van der Waals surface area contributed by atoms with Crippen LogP contribution in [-0.2, 0) is 17.4 Å². The fourth-order valence-corrected chi connectivity index (χ4v) is 2.08. The average Bonchev–Trinajstić information content (AvgIpc) is 2.63. The van der Waals surface area contributed by atoms with Gasteiger partial charge in [0.05, 0.1) is 12.1 Å². The summed E-state index contributed by atoms with van der Waals surface area (Å²) in [5, 5.41) is 2.53. The van der Waals surface area contributed by atoms with Crippen molar-refractivity contribution < 1.29 is 22.7 Å². The van der Waals surface area contributed by atoms with Crippen LogP contribution in [0.1, 0.15) is 23.6 Å². The molecule has 6 heteroatoms. The van der Waals surface area contributed by atoms with E-state index in [1.807, 2.05) is 19.1 Å². The first-order valence-corrected chi connectivity index (χ1v) is 8.03. The molecule has 1 N–H and O–H groups in total. The smallest absolute Gasteiger partial charge is 0.416 e. The molecule has 0 aliphatic heterocycles. The molecular formula is C20H18F3NO2. The Bertz CT molecular complexity index is 802. The van der Waals surface area contributed by atoms with Crippen LogP contribution in [0.25, 0.3) is 0 Å². The Labute approximate surface area is 150 Å². The molecule has 0 heterocycles. The number of benzene rings is 2. The predicted molar refractivity (Wildman–Crippen MR) is 92.6 cm³/mol. The summed E-state index contributed by atoms with van der Waals surface area (Å²) in [6, 6.07) is 12.2. The van der Waals surface area contributed by atoms with E-state index in [0.29, 0.717) is 5.75 Å². The Balaban J connectivity index is 1.79. The van der Waals surface area contributed by atoms with Crippen molar-refractivity contribution in [2.45, 2.75) is 19.5 Å². The number of rotatable bonds is 5. The van der Waals surface area contributed by atoms with Crippen molar-refractivity contribution in [3.05, 3.63) is 65.2 Å². The van der Waals surface area contributed by atoms with Crippen molar-refractivity contribution in [1.29, 1.82) is 0 Å². The van der Waals surface area contributed by atoms with Crippen LogP contribution >= 0.6 is 0 Å². The Morgan fingerprint density at radius 3 is 2.54 bits per heavy atom. The molecule has 3 nitrogen and oxygen atoms in total. The molecule has 0 saturated heterocycles. The van der Waals surface area contributed by atoms with E-state index < -0.39 is 11.7 Å². The summed E-state index contributed by atoms with van der Waals surface area (Å²) in [5.41, 5.74) is 0.656. The number of amides is 1. The molecule has 0 atom stereocenters. The second-order valence-corrected chi connectivity index (χ2v) is 5.44. The molecule has 0 bridgehead atoms. The van der Waals surface area contributed by atoms with Crippen LogP contribution in [0, 0.1) is 11.8 Å². The molecule has 0 fully saturated rings. The van der Waals surface area contributed by atoms with Crippen molar-refractivity contribution >= 4 is 5.91 Å². The number of carbonyl (C=O) groups is 1. The minimum Gasteiger partial charge on any atom is -0.484 e. The van der Waals surface area contributed by atoms with Gasteiger partial charge in [0.1, 0.15) is 5.75 Å². The zero-order valence-electron chi connectivity index (χ0n) is 14.2. The quantitative estimate of drug-likeness (QED) is 0.823. The van der Waals surface area contributed by atoms with Gasteiger partial charge in [0.15, 0.2) is 6.61 Å². The summed E-state index contributed by atoms with van der Waals surface area (Å²) in [4.78, 5) is 11.7. The Hall–Kier alpha value is -2.94. The molecule has 0 saturated carbocycles. The summed E-state index contributed by atoms with van der Waals surface area (Å²) in [5.74, 6) is 5.44. The van der Waals surface area contributed by atoms with Gasteiger partial charge in [-0.25, -0.2) is 0 Å². The highest BCUT2D eigenvalue weighted by Gasteiger charge is 2.30. The van der Waals surface area contributed by atoms with Gasteiger partial charge in [-0.3, -0.25) is 4.79 Å². The number of hydrogen-bond donors (Lipinski definition) is 1. The maximum atomic E-state index is 12.6. The molecule has 2 rings (SSSR count). The van der Waals surface area contributed by atoms with Crippen LogP contribution in [0.4, 0.5) is 13.2 Å². The van der Waals surface area contributed by atoms with E-state index >= 15 is 0 Å². The van der Waals surface area contributed by atoms with Crippen LogP contribution in [0.5, 0.6) is 5.75 Å². The summed E-state index contributed by atoms with van der Waals surface area (Å²) in [6.07, 6.45) is -3.48. The molecule has 26 heavy (non-hydrogen) atoms. The normalized spacial score (nSPS) is 10.6. The second kappa shape index (κ2) is 8.95. The molecule has 0 aromatic heterocycles. The van der Waals surface area contributed by atoms with Gasteiger partial charge in [-0.1, -0.05) is 37.0 Å². The van der Waals surface area contributed by atoms with Crippen molar-refractivity contribution in [2.75, 3.05) is 13.2 Å². The molecule has 2 aromatic rings. The van der Waals surface area contributed by atoms with Crippen LogP contribution in [0.15, 0.2) is 48.5 Å². The fourth-order valence-electron chi connectivity index (χ4n) is 2.08. The topological polar surface area (TPSA) is 38.3 Å². The first kappa shape index (κ1) is 19.4. The minimum atomic E-state index is -4.40. The van der Waals surface area contributed by atoms with Crippen molar-refractivity contribution in [2.24, 2.45) is 0 Å². The standard InChI is InChI=1S/C20H18F3NO2/c1-2-15-8-10-18(11-9-15)26-14-19(25)24-12-4-6-16-5-3-7-17(13-16)20(21,22)23/h3,5,7-11,13H,2,12,14H2,1H3,(H,24,25). The van der Waals surface area contributed by atoms with Crippen molar-refractivity contribution in [3.63, 3.8) is 0 Å². The van der Waals surface area contributed by atoms with Gasteiger partial charge in [-0.05, 0) is 42.3 Å². The zero-order chi connectivity index (χ0) is 19.0. The van der Waals surface area contributed by atoms with E-state index in [4.69, 9.17) is 4.74 Å². The number of alkyl halides is 3. The van der Waals surface area contributed by atoms with Gasteiger partial charge < -0.3 is 10.1 Å². The Morgan fingerprint density at radius 1 is 1.15 bits per heavy atom. The van der Waals surface area contributed by atoms with Gasteiger partial charge in [0.2, 0.25) is 0 Å². The first-order chi connectivity index (χ1) is 12.4. The van der Waals surface area contributed by atoms with Crippen LogP contribution < -0.4 is 10.1 Å². The molecular weight excluding hydrogens is 343 g/mol. The lowest BCUT2D eigenvalue weighted by atomic mass is 10.1. The molecule has 0 spiro atoms.